The molecule has 7 nitrogen and oxygen atoms in total. The van der Waals surface area contributed by atoms with E-state index >= 15 is 0 Å². The minimum Gasteiger partial charge on any atom is -0.321 e. The summed E-state index contributed by atoms with van der Waals surface area (Å²) in [6.45, 7) is 1.77. The molecular formula is C30H24Cl2N4O3S. The first kappa shape index (κ1) is 28.9. The van der Waals surface area contributed by atoms with Crippen molar-refractivity contribution in [1.29, 1.82) is 0 Å². The van der Waals surface area contributed by atoms with Gasteiger partial charge in [-0.25, -0.2) is 4.98 Å². The number of benzene rings is 3. The topological polar surface area (TPSA) is 100 Å². The van der Waals surface area contributed by atoms with Crippen LogP contribution in [-0.4, -0.2) is 28.0 Å². The smallest absolute Gasteiger partial charge is 0.272 e. The fraction of sp³-hybridized carbons (Fsp3) is 0.0667. The maximum Gasteiger partial charge on any atom is 0.272 e. The molecule has 0 spiro atoms. The zero-order valence-corrected chi connectivity index (χ0v) is 23.6. The van der Waals surface area contributed by atoms with E-state index in [0.717, 1.165) is 4.90 Å². The Morgan fingerprint density at radius 3 is 2.35 bits per heavy atom. The molecule has 202 valence electrons. The van der Waals surface area contributed by atoms with Crippen LogP contribution in [0.1, 0.15) is 22.8 Å². The molecule has 3 N–H and O–H groups in total. The molecule has 1 unspecified atom stereocenters. The highest BCUT2D eigenvalue weighted by Crippen LogP contribution is 2.27. The number of thioether (sulfide) groups is 1. The fourth-order valence-electron chi connectivity index (χ4n) is 3.49. The second-order valence-corrected chi connectivity index (χ2v) is 10.8. The minimum absolute atomic E-state index is 0.0392. The first-order chi connectivity index (χ1) is 19.3. The Kier molecular flexibility index (Phi) is 9.96. The average molecular weight is 592 g/mol. The van der Waals surface area contributed by atoms with Crippen molar-refractivity contribution >= 4 is 70.3 Å². The maximum atomic E-state index is 13.3. The third-order valence-corrected chi connectivity index (χ3v) is 6.99. The molecule has 10 heteroatoms. The van der Waals surface area contributed by atoms with Gasteiger partial charge in [0.15, 0.2) is 0 Å². The lowest BCUT2D eigenvalue weighted by Crippen LogP contribution is -2.30. The first-order valence-electron chi connectivity index (χ1n) is 12.1. The normalized spacial score (nSPS) is 11.8. The van der Waals surface area contributed by atoms with E-state index in [1.54, 1.807) is 97.9 Å². The molecule has 0 aliphatic rings. The van der Waals surface area contributed by atoms with Gasteiger partial charge in [0.1, 0.15) is 11.5 Å². The van der Waals surface area contributed by atoms with E-state index in [1.165, 1.54) is 18.0 Å². The van der Waals surface area contributed by atoms with Gasteiger partial charge in [-0.3, -0.25) is 14.4 Å². The molecule has 40 heavy (non-hydrogen) atoms. The summed E-state index contributed by atoms with van der Waals surface area (Å²) in [5, 5.41) is 8.81. The van der Waals surface area contributed by atoms with E-state index in [9.17, 15) is 14.4 Å². The maximum absolute atomic E-state index is 13.3. The van der Waals surface area contributed by atoms with E-state index in [0.29, 0.717) is 32.7 Å². The van der Waals surface area contributed by atoms with Gasteiger partial charge in [-0.1, -0.05) is 59.6 Å². The van der Waals surface area contributed by atoms with Crippen LogP contribution in [0.2, 0.25) is 10.0 Å². The molecule has 0 aliphatic carbocycles. The molecule has 0 bridgehead atoms. The third-order valence-electron chi connectivity index (χ3n) is 5.44. The number of carbonyl (C=O) groups is 3. The number of amides is 3. The van der Waals surface area contributed by atoms with Crippen molar-refractivity contribution in [2.24, 2.45) is 0 Å². The summed E-state index contributed by atoms with van der Waals surface area (Å²) in [4.78, 5) is 43.7. The van der Waals surface area contributed by atoms with E-state index in [-0.39, 0.29) is 11.6 Å². The summed E-state index contributed by atoms with van der Waals surface area (Å²) in [7, 11) is 0. The van der Waals surface area contributed by atoms with Crippen LogP contribution in [0.4, 0.5) is 11.5 Å². The number of hydrogen-bond donors (Lipinski definition) is 3. The van der Waals surface area contributed by atoms with Gasteiger partial charge < -0.3 is 16.0 Å². The Morgan fingerprint density at radius 1 is 0.850 bits per heavy atom. The van der Waals surface area contributed by atoms with Gasteiger partial charge in [-0.15, -0.1) is 11.8 Å². The van der Waals surface area contributed by atoms with Crippen LogP contribution in [0.25, 0.3) is 6.08 Å². The van der Waals surface area contributed by atoms with Gasteiger partial charge in [0, 0.05) is 27.4 Å². The Bertz CT molecular complexity index is 1550. The van der Waals surface area contributed by atoms with Crippen molar-refractivity contribution in [3.63, 3.8) is 0 Å². The van der Waals surface area contributed by atoms with Gasteiger partial charge >= 0.3 is 0 Å². The van der Waals surface area contributed by atoms with E-state index in [1.807, 2.05) is 6.07 Å². The van der Waals surface area contributed by atoms with Crippen molar-refractivity contribution in [2.45, 2.75) is 17.1 Å². The number of nitrogens with zero attached hydrogens (tertiary/aromatic N) is 1. The monoisotopic (exact) mass is 590 g/mol. The number of halogens is 2. The predicted octanol–water partition coefficient (Wildman–Crippen LogP) is 6.92. The third kappa shape index (κ3) is 8.44. The molecule has 1 aromatic heterocycles. The quantitative estimate of drug-likeness (QED) is 0.145. The molecule has 1 heterocycles. The van der Waals surface area contributed by atoms with Crippen molar-refractivity contribution in [3.05, 3.63) is 124 Å². The van der Waals surface area contributed by atoms with Crippen molar-refractivity contribution < 1.29 is 14.4 Å². The number of carbonyl (C=O) groups excluding carboxylic acids is 3. The Labute approximate surface area is 246 Å². The molecule has 4 rings (SSSR count). The van der Waals surface area contributed by atoms with Gasteiger partial charge in [0.2, 0.25) is 5.91 Å². The van der Waals surface area contributed by atoms with Crippen LogP contribution < -0.4 is 16.0 Å². The van der Waals surface area contributed by atoms with Crippen LogP contribution in [0.3, 0.4) is 0 Å². The first-order valence-corrected chi connectivity index (χ1v) is 13.7. The number of rotatable bonds is 9. The summed E-state index contributed by atoms with van der Waals surface area (Å²) in [5.74, 6) is -0.779. The highest BCUT2D eigenvalue weighted by atomic mass is 35.5. The van der Waals surface area contributed by atoms with Crippen LogP contribution >= 0.6 is 35.0 Å². The molecular weight excluding hydrogens is 567 g/mol. The Balaban J connectivity index is 1.47. The number of pyridine rings is 1. The molecule has 0 aliphatic heterocycles. The minimum atomic E-state index is -0.522. The number of nitrogens with one attached hydrogen (secondary N) is 3. The molecule has 0 saturated heterocycles. The van der Waals surface area contributed by atoms with Gasteiger partial charge in [-0.2, -0.15) is 0 Å². The average Bonchev–Trinajstić information content (AvgIpc) is 2.94. The summed E-state index contributed by atoms with van der Waals surface area (Å²) in [5.41, 5.74) is 1.59. The van der Waals surface area contributed by atoms with Gasteiger partial charge in [0.25, 0.3) is 11.8 Å². The fourth-order valence-corrected chi connectivity index (χ4v) is 4.72. The molecule has 0 radical (unpaired) electrons. The number of hydrogen-bond acceptors (Lipinski definition) is 5. The summed E-state index contributed by atoms with van der Waals surface area (Å²) < 4.78 is 0. The largest absolute Gasteiger partial charge is 0.321 e. The summed E-state index contributed by atoms with van der Waals surface area (Å²) in [6.07, 6.45) is 3.01. The Hall–Kier alpha value is -4.11. The number of aromatic nitrogens is 1. The van der Waals surface area contributed by atoms with E-state index < -0.39 is 17.1 Å². The van der Waals surface area contributed by atoms with Crippen LogP contribution in [0.5, 0.6) is 0 Å². The van der Waals surface area contributed by atoms with Crippen molar-refractivity contribution in [1.82, 2.24) is 10.3 Å². The van der Waals surface area contributed by atoms with Crippen molar-refractivity contribution in [3.8, 4) is 0 Å². The lowest BCUT2D eigenvalue weighted by atomic mass is 10.1. The summed E-state index contributed by atoms with van der Waals surface area (Å²) >= 11 is 13.3. The molecule has 0 saturated carbocycles. The van der Waals surface area contributed by atoms with Crippen molar-refractivity contribution in [2.75, 3.05) is 10.6 Å². The van der Waals surface area contributed by atoms with Crippen LogP contribution in [0.15, 0.2) is 108 Å². The predicted molar refractivity (Wildman–Crippen MR) is 162 cm³/mol. The molecule has 3 aromatic carbocycles. The zero-order chi connectivity index (χ0) is 28.5. The molecule has 0 fully saturated rings. The SMILES string of the molecule is CC(Sc1cccc(NC(=O)/C(=C/c2cccc(Cl)c2)NC(=O)c2ccccc2)c1)C(=O)Nc1ccc(Cl)cn1. The molecule has 4 aromatic rings. The number of anilines is 2. The standard InChI is InChI=1S/C30H24Cl2N4O3S/c1-19(28(37)36-27-14-13-23(32)18-33-27)40-25-12-6-11-24(17-25)34-30(39)26(16-20-7-5-10-22(31)15-20)35-29(38)21-8-3-2-4-9-21/h2-19H,1H3,(H,34,39)(H,35,38)(H,33,36,37)/b26-16-. The van der Waals surface area contributed by atoms with E-state index in [2.05, 4.69) is 20.9 Å². The van der Waals surface area contributed by atoms with Crippen LogP contribution in [0, 0.1) is 0 Å². The molecule has 3 amide bonds. The highest BCUT2D eigenvalue weighted by molar-refractivity contribution is 8.00. The van der Waals surface area contributed by atoms with E-state index in [4.69, 9.17) is 23.2 Å². The Morgan fingerprint density at radius 2 is 1.62 bits per heavy atom. The second-order valence-electron chi connectivity index (χ2n) is 8.53. The van der Waals surface area contributed by atoms with Gasteiger partial charge in [-0.05, 0) is 73.2 Å². The molecule has 1 atom stereocenters. The zero-order valence-electron chi connectivity index (χ0n) is 21.2. The lowest BCUT2D eigenvalue weighted by molar-refractivity contribution is -0.115. The lowest BCUT2D eigenvalue weighted by Gasteiger charge is -2.14. The summed E-state index contributed by atoms with van der Waals surface area (Å²) in [6, 6.07) is 25.9. The highest BCUT2D eigenvalue weighted by Gasteiger charge is 2.18. The van der Waals surface area contributed by atoms with Crippen LogP contribution in [-0.2, 0) is 9.59 Å². The second kappa shape index (κ2) is 13.8. The van der Waals surface area contributed by atoms with Gasteiger partial charge in [0.05, 0.1) is 10.3 Å².